The van der Waals surface area contributed by atoms with Gasteiger partial charge in [-0.3, -0.25) is 4.79 Å². The van der Waals surface area contributed by atoms with Crippen molar-refractivity contribution in [3.05, 3.63) is 60.4 Å². The van der Waals surface area contributed by atoms with E-state index in [2.05, 4.69) is 44.8 Å². The molecule has 10 heteroatoms. The molecule has 0 spiro atoms. The number of carbonyl (C=O) groups is 1. The van der Waals surface area contributed by atoms with Crippen molar-refractivity contribution in [2.45, 2.75) is 25.8 Å². The Morgan fingerprint density at radius 1 is 1.08 bits per heavy atom. The second-order valence-electron chi connectivity index (χ2n) is 9.58. The summed E-state index contributed by atoms with van der Waals surface area (Å²) < 4.78 is 7.26. The summed E-state index contributed by atoms with van der Waals surface area (Å²) in [6, 6.07) is 16.2. The summed E-state index contributed by atoms with van der Waals surface area (Å²) >= 11 is 0. The number of hydrogen-bond acceptors (Lipinski definition) is 8. The Labute approximate surface area is 222 Å². The summed E-state index contributed by atoms with van der Waals surface area (Å²) in [7, 11) is 5.69. The van der Waals surface area contributed by atoms with E-state index in [-0.39, 0.29) is 5.91 Å². The Hall–Kier alpha value is -4.34. The molecule has 0 radical (unpaired) electrons. The molecule has 1 fully saturated rings. The molecule has 0 saturated carbocycles. The van der Waals surface area contributed by atoms with Crippen LogP contribution >= 0.6 is 0 Å². The Morgan fingerprint density at radius 3 is 2.66 bits per heavy atom. The highest BCUT2D eigenvalue weighted by Crippen LogP contribution is 2.25. The minimum atomic E-state index is 0.216. The zero-order chi connectivity index (χ0) is 26.5. The first kappa shape index (κ1) is 25.3. The highest BCUT2D eigenvalue weighted by atomic mass is 16.5. The summed E-state index contributed by atoms with van der Waals surface area (Å²) in [4.78, 5) is 30.3. The maximum Gasteiger partial charge on any atom is 0.231 e. The molecule has 2 aromatic heterocycles. The lowest BCUT2D eigenvalue weighted by molar-refractivity contribution is -0.127. The first-order chi connectivity index (χ1) is 18.5. The maximum absolute atomic E-state index is 12.1. The van der Waals surface area contributed by atoms with Crippen molar-refractivity contribution in [1.29, 1.82) is 0 Å². The topological polar surface area (TPSA) is 100 Å². The van der Waals surface area contributed by atoms with Gasteiger partial charge in [0, 0.05) is 58.1 Å². The van der Waals surface area contributed by atoms with Crippen LogP contribution in [0.15, 0.2) is 54.9 Å². The first-order valence-electron chi connectivity index (χ1n) is 12.9. The molecule has 1 aliphatic rings. The molecule has 1 amide bonds. The van der Waals surface area contributed by atoms with Crippen LogP contribution in [-0.4, -0.2) is 71.2 Å². The molecule has 2 N–H and O–H groups in total. The highest BCUT2D eigenvalue weighted by Gasteiger charge is 2.20. The van der Waals surface area contributed by atoms with Crippen LogP contribution in [0.5, 0.6) is 5.75 Å². The lowest BCUT2D eigenvalue weighted by atomic mass is 10.1. The number of hydrogen-bond donors (Lipinski definition) is 2. The molecule has 4 aromatic rings. The van der Waals surface area contributed by atoms with Crippen molar-refractivity contribution in [3.8, 4) is 5.75 Å². The molecular formula is C28H34N8O2. The third-order valence-electron chi connectivity index (χ3n) is 6.73. The average molecular weight is 515 g/mol. The number of likely N-dealkylation sites (tertiary alicyclic amines) is 1. The molecule has 38 heavy (non-hydrogen) atoms. The summed E-state index contributed by atoms with van der Waals surface area (Å²) in [6.07, 6.45) is 4.16. The number of nitrogens with zero attached hydrogens (tertiary/aromatic N) is 6. The maximum atomic E-state index is 12.1. The number of anilines is 4. The molecule has 10 nitrogen and oxygen atoms in total. The number of fused-ring (bicyclic) bond motifs is 1. The zero-order valence-corrected chi connectivity index (χ0v) is 22.1. The van der Waals surface area contributed by atoms with Crippen molar-refractivity contribution >= 4 is 40.2 Å². The van der Waals surface area contributed by atoms with Crippen LogP contribution in [0.1, 0.15) is 18.4 Å². The third kappa shape index (κ3) is 5.80. The fraction of sp³-hybridized carbons (Fsp3) is 0.357. The van der Waals surface area contributed by atoms with Gasteiger partial charge in [0.1, 0.15) is 5.75 Å². The third-order valence-corrected chi connectivity index (χ3v) is 6.73. The molecule has 1 saturated heterocycles. The van der Waals surface area contributed by atoms with Gasteiger partial charge in [-0.15, -0.1) is 0 Å². The van der Waals surface area contributed by atoms with Crippen molar-refractivity contribution < 1.29 is 9.53 Å². The minimum Gasteiger partial charge on any atom is -0.497 e. The number of amides is 1. The quantitative estimate of drug-likeness (QED) is 0.311. The van der Waals surface area contributed by atoms with Gasteiger partial charge in [0.05, 0.1) is 13.4 Å². The number of carbonyl (C=O) groups excluding carboxylic acids is 1. The molecule has 2 aromatic carbocycles. The molecule has 3 heterocycles. The van der Waals surface area contributed by atoms with Gasteiger partial charge < -0.3 is 29.7 Å². The fourth-order valence-electron chi connectivity index (χ4n) is 4.56. The van der Waals surface area contributed by atoms with Gasteiger partial charge in [-0.25, -0.2) is 4.98 Å². The van der Waals surface area contributed by atoms with Crippen molar-refractivity contribution in [1.82, 2.24) is 24.4 Å². The number of nitrogens with one attached hydrogen (secondary N) is 2. The van der Waals surface area contributed by atoms with E-state index in [1.54, 1.807) is 13.4 Å². The molecular weight excluding hydrogens is 480 g/mol. The van der Waals surface area contributed by atoms with E-state index >= 15 is 0 Å². The van der Waals surface area contributed by atoms with Gasteiger partial charge in [-0.1, -0.05) is 18.2 Å². The number of imidazole rings is 1. The molecule has 0 unspecified atom stereocenters. The summed E-state index contributed by atoms with van der Waals surface area (Å²) in [5.74, 6) is 2.22. The molecule has 0 atom stereocenters. The average Bonchev–Trinajstić information content (AvgIpc) is 3.53. The normalized spacial score (nSPS) is 13.2. The first-order valence-corrected chi connectivity index (χ1v) is 12.9. The Morgan fingerprint density at radius 2 is 1.92 bits per heavy atom. The molecule has 0 bridgehead atoms. The van der Waals surface area contributed by atoms with Crippen LogP contribution < -0.4 is 20.3 Å². The molecule has 198 valence electrons. The van der Waals surface area contributed by atoms with Crippen LogP contribution in [0.4, 0.5) is 23.1 Å². The van der Waals surface area contributed by atoms with Gasteiger partial charge in [0.25, 0.3) is 0 Å². The van der Waals surface area contributed by atoms with E-state index in [0.29, 0.717) is 43.3 Å². The number of methoxy groups -OCH3 is 1. The van der Waals surface area contributed by atoms with Crippen LogP contribution in [0.3, 0.4) is 0 Å². The van der Waals surface area contributed by atoms with Gasteiger partial charge in [-0.05, 0) is 48.7 Å². The molecule has 5 rings (SSSR count). The van der Waals surface area contributed by atoms with Gasteiger partial charge >= 0.3 is 0 Å². The monoisotopic (exact) mass is 514 g/mol. The van der Waals surface area contributed by atoms with E-state index in [1.807, 2.05) is 47.8 Å². The largest absolute Gasteiger partial charge is 0.497 e. The summed E-state index contributed by atoms with van der Waals surface area (Å²) in [5, 5.41) is 6.83. The van der Waals surface area contributed by atoms with Crippen molar-refractivity contribution in [2.24, 2.45) is 0 Å². The predicted molar refractivity (Wildman–Crippen MR) is 150 cm³/mol. The number of ether oxygens (including phenoxy) is 1. The van der Waals surface area contributed by atoms with E-state index in [0.717, 1.165) is 42.2 Å². The highest BCUT2D eigenvalue weighted by molar-refractivity contribution is 5.85. The summed E-state index contributed by atoms with van der Waals surface area (Å²) in [5.41, 5.74) is 4.61. The van der Waals surface area contributed by atoms with Crippen LogP contribution in [-0.2, 0) is 17.8 Å². The number of aromatic nitrogens is 4. The van der Waals surface area contributed by atoms with Gasteiger partial charge in [0.15, 0.2) is 17.0 Å². The zero-order valence-electron chi connectivity index (χ0n) is 22.1. The van der Waals surface area contributed by atoms with Crippen LogP contribution in [0.2, 0.25) is 0 Å². The van der Waals surface area contributed by atoms with E-state index in [9.17, 15) is 4.79 Å². The van der Waals surface area contributed by atoms with Gasteiger partial charge in [0.2, 0.25) is 11.9 Å². The molecule has 0 aliphatic carbocycles. The van der Waals surface area contributed by atoms with Crippen molar-refractivity contribution in [3.63, 3.8) is 0 Å². The van der Waals surface area contributed by atoms with Crippen LogP contribution in [0, 0.1) is 0 Å². The fourth-order valence-corrected chi connectivity index (χ4v) is 4.56. The lowest BCUT2D eigenvalue weighted by Crippen LogP contribution is -2.28. The second-order valence-corrected chi connectivity index (χ2v) is 9.58. The number of rotatable bonds is 11. The van der Waals surface area contributed by atoms with Crippen LogP contribution in [0.25, 0.3) is 11.2 Å². The minimum absolute atomic E-state index is 0.216. The smallest absolute Gasteiger partial charge is 0.231 e. The van der Waals surface area contributed by atoms with E-state index < -0.39 is 0 Å². The second kappa shape index (κ2) is 11.4. The Bertz CT molecular complexity index is 1400. The Balaban J connectivity index is 1.39. The van der Waals surface area contributed by atoms with Crippen molar-refractivity contribution in [2.75, 3.05) is 56.4 Å². The predicted octanol–water partition coefficient (Wildman–Crippen LogP) is 3.92. The standard InChI is InChI=1S/C28H34N8O2/c1-34(2)22-7-4-6-21(18-22)31-28-32-26(29-14-13-20-9-11-23(38-3)12-10-20)25-27(33-28)36(19-30-25)17-16-35-15-5-8-24(35)37/h4,6-7,9-12,18-19H,5,8,13-17H2,1-3H3,(H2,29,31,32,33). The summed E-state index contributed by atoms with van der Waals surface area (Å²) in [6.45, 7) is 2.76. The Kier molecular flexibility index (Phi) is 7.57. The molecule has 1 aliphatic heterocycles. The number of benzene rings is 2. The van der Waals surface area contributed by atoms with E-state index in [4.69, 9.17) is 14.7 Å². The van der Waals surface area contributed by atoms with E-state index in [1.165, 1.54) is 5.56 Å². The SMILES string of the molecule is COc1ccc(CCNc2nc(Nc3cccc(N(C)C)c3)nc3c2ncn3CCN2CCCC2=O)cc1. The van der Waals surface area contributed by atoms with Gasteiger partial charge in [-0.2, -0.15) is 9.97 Å². The lowest BCUT2D eigenvalue weighted by Gasteiger charge is -2.16.